The van der Waals surface area contributed by atoms with Crippen molar-refractivity contribution in [3.05, 3.63) is 29.6 Å². The molecule has 0 saturated carbocycles. The third-order valence-corrected chi connectivity index (χ3v) is 2.93. The van der Waals surface area contributed by atoms with Crippen molar-refractivity contribution in [2.45, 2.75) is 40.2 Å². The maximum atomic E-state index is 13.7. The van der Waals surface area contributed by atoms with Crippen LogP contribution in [0.2, 0.25) is 0 Å². The van der Waals surface area contributed by atoms with E-state index in [-0.39, 0.29) is 11.9 Å². The molecular formula is C15H24FNO. The molecule has 0 aliphatic carbocycles. The Morgan fingerprint density at radius 3 is 2.56 bits per heavy atom. The molecule has 0 aromatic heterocycles. The van der Waals surface area contributed by atoms with Gasteiger partial charge in [-0.1, -0.05) is 19.9 Å². The summed E-state index contributed by atoms with van der Waals surface area (Å²) in [6.45, 7) is 9.73. The fourth-order valence-corrected chi connectivity index (χ4v) is 1.77. The molecular weight excluding hydrogens is 229 g/mol. The van der Waals surface area contributed by atoms with Gasteiger partial charge in [-0.3, -0.25) is 0 Å². The van der Waals surface area contributed by atoms with E-state index in [1.807, 2.05) is 13.0 Å². The van der Waals surface area contributed by atoms with Crippen LogP contribution in [0.25, 0.3) is 0 Å². The molecule has 2 nitrogen and oxygen atoms in total. The van der Waals surface area contributed by atoms with Crippen molar-refractivity contribution in [1.82, 2.24) is 5.32 Å². The van der Waals surface area contributed by atoms with Crippen LogP contribution in [0.4, 0.5) is 4.39 Å². The van der Waals surface area contributed by atoms with Crippen molar-refractivity contribution < 1.29 is 9.13 Å². The van der Waals surface area contributed by atoms with E-state index < -0.39 is 0 Å². The highest BCUT2D eigenvalue weighted by atomic mass is 19.1. The van der Waals surface area contributed by atoms with Crippen LogP contribution in [-0.2, 0) is 0 Å². The second-order valence-electron chi connectivity index (χ2n) is 4.98. The molecule has 0 aliphatic rings. The van der Waals surface area contributed by atoms with Crippen molar-refractivity contribution in [2.75, 3.05) is 13.2 Å². The minimum atomic E-state index is -0.285. The Hall–Kier alpha value is -1.09. The minimum Gasteiger partial charge on any atom is -0.491 e. The number of rotatable bonds is 7. The van der Waals surface area contributed by atoms with Gasteiger partial charge in [-0.05, 0) is 50.4 Å². The normalized spacial score (nSPS) is 12.8. The first-order valence-corrected chi connectivity index (χ1v) is 6.70. The largest absolute Gasteiger partial charge is 0.491 e. The number of hydrogen-bond donors (Lipinski definition) is 1. The molecule has 1 N–H and O–H groups in total. The van der Waals surface area contributed by atoms with Crippen molar-refractivity contribution in [2.24, 2.45) is 5.92 Å². The number of ether oxygens (including phenoxy) is 1. The van der Waals surface area contributed by atoms with Gasteiger partial charge in [0.15, 0.2) is 11.6 Å². The molecule has 1 rings (SSSR count). The lowest BCUT2D eigenvalue weighted by Crippen LogP contribution is -2.21. The van der Waals surface area contributed by atoms with Gasteiger partial charge in [0.25, 0.3) is 0 Å². The van der Waals surface area contributed by atoms with E-state index in [2.05, 4.69) is 26.1 Å². The first-order chi connectivity index (χ1) is 8.54. The molecule has 18 heavy (non-hydrogen) atoms. The summed E-state index contributed by atoms with van der Waals surface area (Å²) in [4.78, 5) is 0. The molecule has 1 atom stereocenters. The highest BCUT2D eigenvalue weighted by molar-refractivity contribution is 5.30. The Morgan fingerprint density at radius 1 is 1.28 bits per heavy atom. The van der Waals surface area contributed by atoms with Crippen LogP contribution in [-0.4, -0.2) is 13.2 Å². The van der Waals surface area contributed by atoms with Gasteiger partial charge in [-0.15, -0.1) is 0 Å². The zero-order chi connectivity index (χ0) is 13.5. The average Bonchev–Trinajstić information content (AvgIpc) is 2.31. The lowest BCUT2D eigenvalue weighted by atomic mass is 10.1. The average molecular weight is 253 g/mol. The van der Waals surface area contributed by atoms with Crippen LogP contribution in [0, 0.1) is 11.7 Å². The molecule has 102 valence electrons. The van der Waals surface area contributed by atoms with Crippen LogP contribution < -0.4 is 10.1 Å². The Kier molecular flexibility index (Phi) is 6.13. The lowest BCUT2D eigenvalue weighted by Gasteiger charge is -2.16. The predicted octanol–water partition coefficient (Wildman–Crippen LogP) is 3.92. The SMILES string of the molecule is CCOc1ccc([C@@H](C)NCCC(C)C)cc1F. The predicted molar refractivity (Wildman–Crippen MR) is 73.4 cm³/mol. The van der Waals surface area contributed by atoms with Crippen LogP contribution in [0.3, 0.4) is 0 Å². The Bertz CT molecular complexity index is 366. The van der Waals surface area contributed by atoms with Gasteiger partial charge in [-0.2, -0.15) is 0 Å². The summed E-state index contributed by atoms with van der Waals surface area (Å²) in [6.07, 6.45) is 1.13. The number of nitrogens with one attached hydrogen (secondary N) is 1. The molecule has 0 heterocycles. The van der Waals surface area contributed by atoms with E-state index in [0.29, 0.717) is 18.3 Å². The molecule has 0 fully saturated rings. The summed E-state index contributed by atoms with van der Waals surface area (Å²) < 4.78 is 18.9. The summed E-state index contributed by atoms with van der Waals surface area (Å²) in [5, 5.41) is 3.40. The van der Waals surface area contributed by atoms with Gasteiger partial charge in [0, 0.05) is 6.04 Å². The maximum absolute atomic E-state index is 13.7. The molecule has 0 bridgehead atoms. The summed E-state index contributed by atoms with van der Waals surface area (Å²) in [6, 6.07) is 5.34. The standard InChI is InChI=1S/C15H24FNO/c1-5-18-15-7-6-13(10-14(15)16)12(4)17-9-8-11(2)3/h6-7,10-12,17H,5,8-9H2,1-4H3/t12-/m1/s1. The van der Waals surface area contributed by atoms with Crippen molar-refractivity contribution in [3.8, 4) is 5.75 Å². The van der Waals surface area contributed by atoms with Gasteiger partial charge in [0.05, 0.1) is 6.61 Å². The van der Waals surface area contributed by atoms with E-state index in [0.717, 1.165) is 18.5 Å². The van der Waals surface area contributed by atoms with Gasteiger partial charge in [-0.25, -0.2) is 4.39 Å². The summed E-state index contributed by atoms with van der Waals surface area (Å²) >= 11 is 0. The molecule has 0 unspecified atom stereocenters. The summed E-state index contributed by atoms with van der Waals surface area (Å²) in [7, 11) is 0. The van der Waals surface area contributed by atoms with Gasteiger partial charge < -0.3 is 10.1 Å². The minimum absolute atomic E-state index is 0.161. The van der Waals surface area contributed by atoms with Crippen LogP contribution >= 0.6 is 0 Å². The van der Waals surface area contributed by atoms with Gasteiger partial charge >= 0.3 is 0 Å². The fourth-order valence-electron chi connectivity index (χ4n) is 1.77. The molecule has 0 spiro atoms. The van der Waals surface area contributed by atoms with Crippen LogP contribution in [0.1, 0.15) is 45.7 Å². The quantitative estimate of drug-likeness (QED) is 0.795. The molecule has 1 aromatic rings. The monoisotopic (exact) mass is 253 g/mol. The highest BCUT2D eigenvalue weighted by Gasteiger charge is 2.09. The van der Waals surface area contributed by atoms with Crippen LogP contribution in [0.5, 0.6) is 5.75 Å². The number of benzene rings is 1. The molecule has 3 heteroatoms. The van der Waals surface area contributed by atoms with E-state index >= 15 is 0 Å². The maximum Gasteiger partial charge on any atom is 0.165 e. The third kappa shape index (κ3) is 4.65. The first-order valence-electron chi connectivity index (χ1n) is 6.70. The van der Waals surface area contributed by atoms with Crippen molar-refractivity contribution in [1.29, 1.82) is 0 Å². The van der Waals surface area contributed by atoms with Crippen LogP contribution in [0.15, 0.2) is 18.2 Å². The van der Waals surface area contributed by atoms with E-state index in [1.54, 1.807) is 12.1 Å². The fraction of sp³-hybridized carbons (Fsp3) is 0.600. The molecule has 1 aromatic carbocycles. The van der Waals surface area contributed by atoms with Gasteiger partial charge in [0.1, 0.15) is 0 Å². The number of halogens is 1. The molecule has 0 amide bonds. The van der Waals surface area contributed by atoms with E-state index in [9.17, 15) is 4.39 Å². The summed E-state index contributed by atoms with van der Waals surface area (Å²) in [5.41, 5.74) is 0.958. The Labute approximate surface area is 110 Å². The third-order valence-electron chi connectivity index (χ3n) is 2.93. The molecule has 0 saturated heterocycles. The van der Waals surface area contributed by atoms with E-state index in [1.165, 1.54) is 0 Å². The second kappa shape index (κ2) is 7.37. The Morgan fingerprint density at radius 2 is 2.00 bits per heavy atom. The first kappa shape index (κ1) is 15.0. The molecule has 0 aliphatic heterocycles. The lowest BCUT2D eigenvalue weighted by molar-refractivity contribution is 0.321. The van der Waals surface area contributed by atoms with Gasteiger partial charge in [0.2, 0.25) is 0 Å². The van der Waals surface area contributed by atoms with E-state index in [4.69, 9.17) is 4.74 Å². The Balaban J connectivity index is 2.57. The van der Waals surface area contributed by atoms with Crippen molar-refractivity contribution in [3.63, 3.8) is 0 Å². The smallest absolute Gasteiger partial charge is 0.165 e. The summed E-state index contributed by atoms with van der Waals surface area (Å²) in [5.74, 6) is 0.726. The molecule has 0 radical (unpaired) electrons. The zero-order valence-electron chi connectivity index (χ0n) is 11.8. The van der Waals surface area contributed by atoms with Crippen molar-refractivity contribution >= 4 is 0 Å². The second-order valence-corrected chi connectivity index (χ2v) is 4.98. The topological polar surface area (TPSA) is 21.3 Å². The zero-order valence-corrected chi connectivity index (χ0v) is 11.8. The number of hydrogen-bond acceptors (Lipinski definition) is 2. The highest BCUT2D eigenvalue weighted by Crippen LogP contribution is 2.22.